The van der Waals surface area contributed by atoms with E-state index in [1.807, 2.05) is 0 Å². The van der Waals surface area contributed by atoms with Crippen molar-refractivity contribution >= 4 is 0 Å². The molecule has 1 unspecified atom stereocenters. The third-order valence-electron chi connectivity index (χ3n) is 3.80. The minimum absolute atomic E-state index is 0.123. The maximum Gasteiger partial charge on any atom is 0.425 e. The molecule has 0 aliphatic heterocycles. The number of aliphatic hydroxyl groups is 1. The SMILES string of the molecule is COCc1ccc2c(c1)C(O)(C(F)(F)F)c1ccccc1-2. The second kappa shape index (κ2) is 4.58. The van der Waals surface area contributed by atoms with Crippen LogP contribution in [0.25, 0.3) is 11.1 Å². The van der Waals surface area contributed by atoms with Crippen LogP contribution in [0.5, 0.6) is 0 Å². The van der Waals surface area contributed by atoms with Crippen LogP contribution in [-0.2, 0) is 16.9 Å². The van der Waals surface area contributed by atoms with Crippen LogP contribution < -0.4 is 0 Å². The van der Waals surface area contributed by atoms with Crippen LogP contribution in [0.4, 0.5) is 13.2 Å². The largest absolute Gasteiger partial charge is 0.425 e. The first-order chi connectivity index (χ1) is 9.89. The van der Waals surface area contributed by atoms with Crippen molar-refractivity contribution in [3.63, 3.8) is 0 Å². The first-order valence-corrected chi connectivity index (χ1v) is 6.41. The molecule has 1 aliphatic carbocycles. The van der Waals surface area contributed by atoms with Crippen LogP contribution in [0.3, 0.4) is 0 Å². The molecule has 1 atom stereocenters. The summed E-state index contributed by atoms with van der Waals surface area (Å²) >= 11 is 0. The molecule has 2 nitrogen and oxygen atoms in total. The molecule has 0 heterocycles. The molecule has 0 aromatic heterocycles. The summed E-state index contributed by atoms with van der Waals surface area (Å²) in [5, 5.41) is 10.5. The van der Waals surface area contributed by atoms with Crippen molar-refractivity contribution in [1.82, 2.24) is 0 Å². The van der Waals surface area contributed by atoms with Crippen LogP contribution in [0.2, 0.25) is 0 Å². The monoisotopic (exact) mass is 294 g/mol. The summed E-state index contributed by atoms with van der Waals surface area (Å²) in [6.45, 7) is 0.192. The Bertz CT molecular complexity index is 694. The zero-order valence-corrected chi connectivity index (χ0v) is 11.2. The lowest BCUT2D eigenvalue weighted by Gasteiger charge is -2.28. The fraction of sp³-hybridized carbons (Fsp3) is 0.250. The maximum atomic E-state index is 13.5. The van der Waals surface area contributed by atoms with E-state index in [-0.39, 0.29) is 17.7 Å². The summed E-state index contributed by atoms with van der Waals surface area (Å²) in [6.07, 6.45) is -4.79. The third-order valence-corrected chi connectivity index (χ3v) is 3.80. The summed E-state index contributed by atoms with van der Waals surface area (Å²) < 4.78 is 45.6. The zero-order valence-electron chi connectivity index (χ0n) is 11.2. The molecule has 110 valence electrons. The summed E-state index contributed by atoms with van der Waals surface area (Å²) in [5.41, 5.74) is -1.82. The number of hydrogen-bond acceptors (Lipinski definition) is 2. The molecule has 2 aromatic rings. The van der Waals surface area contributed by atoms with Gasteiger partial charge in [0, 0.05) is 18.2 Å². The number of fused-ring (bicyclic) bond motifs is 3. The summed E-state index contributed by atoms with van der Waals surface area (Å²) in [6, 6.07) is 10.7. The Morgan fingerprint density at radius 1 is 1.05 bits per heavy atom. The number of halogens is 3. The van der Waals surface area contributed by atoms with E-state index >= 15 is 0 Å². The molecule has 2 aromatic carbocycles. The highest BCUT2D eigenvalue weighted by Crippen LogP contribution is 2.54. The van der Waals surface area contributed by atoms with E-state index in [0.29, 0.717) is 16.7 Å². The van der Waals surface area contributed by atoms with E-state index in [1.165, 1.54) is 25.3 Å². The van der Waals surface area contributed by atoms with Gasteiger partial charge in [0.15, 0.2) is 0 Å². The Balaban J connectivity index is 2.30. The predicted molar refractivity (Wildman–Crippen MR) is 71.6 cm³/mol. The number of hydrogen-bond donors (Lipinski definition) is 1. The minimum Gasteiger partial charge on any atom is -0.380 e. The molecule has 0 spiro atoms. The minimum atomic E-state index is -4.79. The molecule has 0 fully saturated rings. The van der Waals surface area contributed by atoms with E-state index in [0.717, 1.165) is 0 Å². The number of alkyl halides is 3. The smallest absolute Gasteiger partial charge is 0.380 e. The molecule has 0 amide bonds. The van der Waals surface area contributed by atoms with Crippen LogP contribution in [0.15, 0.2) is 42.5 Å². The number of benzene rings is 2. The average molecular weight is 294 g/mol. The fourth-order valence-electron chi connectivity index (χ4n) is 2.87. The van der Waals surface area contributed by atoms with Gasteiger partial charge in [0.05, 0.1) is 6.61 Å². The lowest BCUT2D eigenvalue weighted by molar-refractivity contribution is -0.246. The molecule has 1 N–H and O–H groups in total. The van der Waals surface area contributed by atoms with Gasteiger partial charge in [-0.15, -0.1) is 0 Å². The van der Waals surface area contributed by atoms with Gasteiger partial charge in [-0.1, -0.05) is 36.4 Å². The van der Waals surface area contributed by atoms with Gasteiger partial charge in [-0.2, -0.15) is 13.2 Å². The van der Waals surface area contributed by atoms with E-state index in [2.05, 4.69) is 0 Å². The van der Waals surface area contributed by atoms with Crippen LogP contribution in [0.1, 0.15) is 16.7 Å². The predicted octanol–water partition coefficient (Wildman–Crippen LogP) is 3.61. The zero-order chi connectivity index (χ0) is 15.3. The van der Waals surface area contributed by atoms with Crippen molar-refractivity contribution in [3.8, 4) is 11.1 Å². The van der Waals surface area contributed by atoms with Crippen molar-refractivity contribution in [3.05, 3.63) is 59.2 Å². The van der Waals surface area contributed by atoms with E-state index in [1.54, 1.807) is 24.3 Å². The molecule has 0 bridgehead atoms. The van der Waals surface area contributed by atoms with Crippen molar-refractivity contribution in [2.24, 2.45) is 0 Å². The fourth-order valence-corrected chi connectivity index (χ4v) is 2.87. The molecular weight excluding hydrogens is 281 g/mol. The molecule has 5 heteroatoms. The Hall–Kier alpha value is -1.85. The first-order valence-electron chi connectivity index (χ1n) is 6.41. The van der Waals surface area contributed by atoms with Crippen molar-refractivity contribution in [1.29, 1.82) is 0 Å². The van der Waals surface area contributed by atoms with Gasteiger partial charge >= 0.3 is 6.18 Å². The van der Waals surface area contributed by atoms with Crippen molar-refractivity contribution < 1.29 is 23.0 Å². The average Bonchev–Trinajstić information content (AvgIpc) is 2.70. The highest BCUT2D eigenvalue weighted by Gasteiger charge is 2.60. The van der Waals surface area contributed by atoms with Crippen molar-refractivity contribution in [2.75, 3.05) is 7.11 Å². The Morgan fingerprint density at radius 2 is 1.71 bits per heavy atom. The summed E-state index contributed by atoms with van der Waals surface area (Å²) in [4.78, 5) is 0. The lowest BCUT2D eigenvalue weighted by atomic mass is 9.90. The maximum absolute atomic E-state index is 13.5. The molecule has 0 saturated heterocycles. The molecule has 3 rings (SSSR count). The van der Waals surface area contributed by atoms with Gasteiger partial charge in [0.2, 0.25) is 5.60 Å². The van der Waals surface area contributed by atoms with Crippen LogP contribution >= 0.6 is 0 Å². The summed E-state index contributed by atoms with van der Waals surface area (Å²) in [5.74, 6) is 0. The van der Waals surface area contributed by atoms with Gasteiger partial charge in [-0.25, -0.2) is 0 Å². The molecule has 21 heavy (non-hydrogen) atoms. The molecule has 1 aliphatic rings. The summed E-state index contributed by atoms with van der Waals surface area (Å²) in [7, 11) is 1.47. The normalized spacial score (nSPS) is 20.2. The molecular formula is C16H13F3O2. The van der Waals surface area contributed by atoms with Gasteiger partial charge in [0.1, 0.15) is 0 Å². The number of ether oxygens (including phenoxy) is 1. The standard InChI is InChI=1S/C16H13F3O2/c1-21-9-10-6-7-12-11-4-2-3-5-13(11)15(20,14(12)8-10)16(17,18)19/h2-8,20H,9H2,1H3. The third kappa shape index (κ3) is 1.88. The molecule has 0 saturated carbocycles. The van der Waals surface area contributed by atoms with E-state index in [9.17, 15) is 18.3 Å². The Morgan fingerprint density at radius 3 is 2.38 bits per heavy atom. The van der Waals surface area contributed by atoms with E-state index in [4.69, 9.17) is 4.74 Å². The number of rotatable bonds is 2. The lowest BCUT2D eigenvalue weighted by Crippen LogP contribution is -2.41. The molecule has 0 radical (unpaired) electrons. The van der Waals surface area contributed by atoms with Gasteiger partial charge in [0.25, 0.3) is 0 Å². The first kappa shape index (κ1) is 14.1. The van der Waals surface area contributed by atoms with E-state index < -0.39 is 11.8 Å². The van der Waals surface area contributed by atoms with Crippen LogP contribution in [-0.4, -0.2) is 18.4 Å². The van der Waals surface area contributed by atoms with Gasteiger partial charge in [-0.05, 0) is 22.8 Å². The quantitative estimate of drug-likeness (QED) is 0.917. The Labute approximate surface area is 119 Å². The van der Waals surface area contributed by atoms with Crippen molar-refractivity contribution in [2.45, 2.75) is 18.4 Å². The second-order valence-electron chi connectivity index (χ2n) is 5.07. The highest BCUT2D eigenvalue weighted by molar-refractivity contribution is 5.80. The second-order valence-corrected chi connectivity index (χ2v) is 5.07. The van der Waals surface area contributed by atoms with Crippen LogP contribution in [0, 0.1) is 0 Å². The topological polar surface area (TPSA) is 29.5 Å². The van der Waals surface area contributed by atoms with Gasteiger partial charge in [-0.3, -0.25) is 0 Å². The number of methoxy groups -OCH3 is 1. The highest BCUT2D eigenvalue weighted by atomic mass is 19.4. The van der Waals surface area contributed by atoms with Gasteiger partial charge < -0.3 is 9.84 Å². The Kier molecular flexibility index (Phi) is 3.07.